The van der Waals surface area contributed by atoms with Crippen LogP contribution in [0.3, 0.4) is 0 Å². The van der Waals surface area contributed by atoms with Gasteiger partial charge in [0.05, 0.1) is 13.2 Å². The molecule has 1 heterocycles. The van der Waals surface area contributed by atoms with E-state index in [4.69, 9.17) is 15.2 Å². The summed E-state index contributed by atoms with van der Waals surface area (Å²) in [5.41, 5.74) is 7.11. The smallest absolute Gasteiger partial charge is 0.124 e. The maximum absolute atomic E-state index is 5.95. The molecule has 2 atom stereocenters. The maximum Gasteiger partial charge on any atom is 0.124 e. The van der Waals surface area contributed by atoms with Crippen molar-refractivity contribution in [2.24, 2.45) is 5.73 Å². The molecule has 1 aliphatic heterocycles. The van der Waals surface area contributed by atoms with E-state index in [0.717, 1.165) is 30.8 Å². The fourth-order valence-corrected chi connectivity index (χ4v) is 1.83. The standard InChI is InChI=1S/C13H19NO2/c1-2-13(14)10-3-5-11(6-4-10)16-12-7-8-15-9-12/h3-6,12-13H,2,7-9,14H2,1H3. The van der Waals surface area contributed by atoms with Crippen molar-refractivity contribution in [3.63, 3.8) is 0 Å². The molecule has 0 radical (unpaired) electrons. The molecule has 2 N–H and O–H groups in total. The van der Waals surface area contributed by atoms with E-state index in [9.17, 15) is 0 Å². The average molecular weight is 221 g/mol. The van der Waals surface area contributed by atoms with Crippen molar-refractivity contribution in [3.8, 4) is 5.75 Å². The molecule has 0 aromatic heterocycles. The lowest BCUT2D eigenvalue weighted by Crippen LogP contribution is -2.15. The Bertz CT molecular complexity index is 317. The molecule has 0 bridgehead atoms. The van der Waals surface area contributed by atoms with Crippen molar-refractivity contribution in [1.29, 1.82) is 0 Å². The van der Waals surface area contributed by atoms with Gasteiger partial charge in [0.1, 0.15) is 11.9 Å². The first-order valence-corrected chi connectivity index (χ1v) is 5.89. The molecule has 1 fully saturated rings. The van der Waals surface area contributed by atoms with Gasteiger partial charge in [-0.05, 0) is 24.1 Å². The lowest BCUT2D eigenvalue weighted by atomic mass is 10.1. The van der Waals surface area contributed by atoms with E-state index in [0.29, 0.717) is 6.61 Å². The van der Waals surface area contributed by atoms with Gasteiger partial charge in [-0.2, -0.15) is 0 Å². The average Bonchev–Trinajstić information content (AvgIpc) is 2.82. The maximum atomic E-state index is 5.95. The molecule has 1 aromatic rings. The molecule has 0 aliphatic carbocycles. The van der Waals surface area contributed by atoms with Crippen molar-refractivity contribution >= 4 is 0 Å². The van der Waals surface area contributed by atoms with Crippen LogP contribution in [0.15, 0.2) is 24.3 Å². The first kappa shape index (κ1) is 11.4. The normalized spacial score (nSPS) is 22.0. The highest BCUT2D eigenvalue weighted by Crippen LogP contribution is 2.20. The largest absolute Gasteiger partial charge is 0.488 e. The molecular weight excluding hydrogens is 202 g/mol. The summed E-state index contributed by atoms with van der Waals surface area (Å²) in [6, 6.07) is 8.19. The summed E-state index contributed by atoms with van der Waals surface area (Å²) in [6.45, 7) is 3.60. The molecule has 3 heteroatoms. The van der Waals surface area contributed by atoms with Crippen LogP contribution < -0.4 is 10.5 Å². The molecule has 1 aromatic carbocycles. The number of hydrogen-bond acceptors (Lipinski definition) is 3. The van der Waals surface area contributed by atoms with Crippen LogP contribution in [0.2, 0.25) is 0 Å². The summed E-state index contributed by atoms with van der Waals surface area (Å²) >= 11 is 0. The Hall–Kier alpha value is -1.06. The van der Waals surface area contributed by atoms with Crippen LogP contribution in [0.25, 0.3) is 0 Å². The van der Waals surface area contributed by atoms with Crippen molar-refractivity contribution in [1.82, 2.24) is 0 Å². The molecule has 0 amide bonds. The number of hydrogen-bond donors (Lipinski definition) is 1. The van der Waals surface area contributed by atoms with E-state index in [-0.39, 0.29) is 12.1 Å². The minimum atomic E-state index is 0.129. The SMILES string of the molecule is CCC(N)c1ccc(OC2CCOC2)cc1. The Labute approximate surface area is 96.5 Å². The van der Waals surface area contributed by atoms with Crippen LogP contribution in [0.5, 0.6) is 5.75 Å². The van der Waals surface area contributed by atoms with E-state index in [1.807, 2.05) is 24.3 Å². The van der Waals surface area contributed by atoms with Gasteiger partial charge in [-0.15, -0.1) is 0 Å². The van der Waals surface area contributed by atoms with E-state index >= 15 is 0 Å². The summed E-state index contributed by atoms with van der Waals surface area (Å²) in [5, 5.41) is 0. The minimum Gasteiger partial charge on any atom is -0.488 e. The van der Waals surface area contributed by atoms with Crippen LogP contribution in [0.1, 0.15) is 31.4 Å². The second kappa shape index (κ2) is 5.32. The van der Waals surface area contributed by atoms with Gasteiger partial charge in [-0.3, -0.25) is 0 Å². The topological polar surface area (TPSA) is 44.5 Å². The monoisotopic (exact) mass is 221 g/mol. The molecule has 1 aliphatic rings. The Morgan fingerprint density at radius 2 is 2.19 bits per heavy atom. The van der Waals surface area contributed by atoms with Crippen LogP contribution in [-0.4, -0.2) is 19.3 Å². The van der Waals surface area contributed by atoms with Crippen molar-refractivity contribution in [2.75, 3.05) is 13.2 Å². The van der Waals surface area contributed by atoms with E-state index in [1.54, 1.807) is 0 Å². The highest BCUT2D eigenvalue weighted by atomic mass is 16.5. The second-order valence-electron chi connectivity index (χ2n) is 4.19. The fourth-order valence-electron chi connectivity index (χ4n) is 1.83. The molecule has 3 nitrogen and oxygen atoms in total. The van der Waals surface area contributed by atoms with E-state index < -0.39 is 0 Å². The Kier molecular flexibility index (Phi) is 3.80. The lowest BCUT2D eigenvalue weighted by Gasteiger charge is -2.13. The van der Waals surface area contributed by atoms with Crippen molar-refractivity contribution < 1.29 is 9.47 Å². The third-order valence-corrected chi connectivity index (χ3v) is 2.94. The Morgan fingerprint density at radius 3 is 2.75 bits per heavy atom. The third kappa shape index (κ3) is 2.74. The van der Waals surface area contributed by atoms with Gasteiger partial charge in [0.2, 0.25) is 0 Å². The molecule has 16 heavy (non-hydrogen) atoms. The number of benzene rings is 1. The Balaban J connectivity index is 1.96. The number of nitrogens with two attached hydrogens (primary N) is 1. The van der Waals surface area contributed by atoms with Crippen LogP contribution in [0.4, 0.5) is 0 Å². The van der Waals surface area contributed by atoms with Crippen LogP contribution >= 0.6 is 0 Å². The molecular formula is C13H19NO2. The zero-order valence-electron chi connectivity index (χ0n) is 9.69. The zero-order valence-corrected chi connectivity index (χ0v) is 9.69. The van der Waals surface area contributed by atoms with Crippen molar-refractivity contribution in [2.45, 2.75) is 31.9 Å². The quantitative estimate of drug-likeness (QED) is 0.848. The zero-order chi connectivity index (χ0) is 11.4. The van der Waals surface area contributed by atoms with E-state index in [2.05, 4.69) is 6.92 Å². The highest BCUT2D eigenvalue weighted by molar-refractivity contribution is 5.29. The fraction of sp³-hybridized carbons (Fsp3) is 0.538. The first-order chi connectivity index (χ1) is 7.79. The summed E-state index contributed by atoms with van der Waals surface area (Å²) in [7, 11) is 0. The third-order valence-electron chi connectivity index (χ3n) is 2.94. The number of rotatable bonds is 4. The van der Waals surface area contributed by atoms with Gasteiger partial charge in [0.25, 0.3) is 0 Å². The molecule has 2 unspecified atom stereocenters. The molecule has 2 rings (SSSR count). The molecule has 0 spiro atoms. The summed E-state index contributed by atoms with van der Waals surface area (Å²) < 4.78 is 11.0. The lowest BCUT2D eigenvalue weighted by molar-refractivity contribution is 0.141. The highest BCUT2D eigenvalue weighted by Gasteiger charge is 2.17. The van der Waals surface area contributed by atoms with Gasteiger partial charge in [-0.25, -0.2) is 0 Å². The molecule has 0 saturated carbocycles. The summed E-state index contributed by atoms with van der Waals surface area (Å²) in [4.78, 5) is 0. The second-order valence-corrected chi connectivity index (χ2v) is 4.19. The van der Waals surface area contributed by atoms with Gasteiger partial charge < -0.3 is 15.2 Å². The van der Waals surface area contributed by atoms with Gasteiger partial charge in [-0.1, -0.05) is 19.1 Å². The Morgan fingerprint density at radius 1 is 1.44 bits per heavy atom. The number of ether oxygens (including phenoxy) is 2. The van der Waals surface area contributed by atoms with Gasteiger partial charge in [0, 0.05) is 12.5 Å². The van der Waals surface area contributed by atoms with Crippen LogP contribution in [-0.2, 0) is 4.74 Å². The van der Waals surface area contributed by atoms with Crippen molar-refractivity contribution in [3.05, 3.63) is 29.8 Å². The van der Waals surface area contributed by atoms with Gasteiger partial charge >= 0.3 is 0 Å². The first-order valence-electron chi connectivity index (χ1n) is 5.89. The van der Waals surface area contributed by atoms with Gasteiger partial charge in [0.15, 0.2) is 0 Å². The summed E-state index contributed by atoms with van der Waals surface area (Å²) in [5.74, 6) is 0.905. The van der Waals surface area contributed by atoms with Crippen LogP contribution in [0, 0.1) is 0 Å². The van der Waals surface area contributed by atoms with E-state index in [1.165, 1.54) is 0 Å². The predicted molar refractivity (Wildman–Crippen MR) is 63.5 cm³/mol. The molecule has 1 saturated heterocycles. The molecule has 88 valence electrons. The summed E-state index contributed by atoms with van der Waals surface area (Å²) in [6.07, 6.45) is 2.15. The predicted octanol–water partition coefficient (Wildman–Crippen LogP) is 2.26. The minimum absolute atomic E-state index is 0.129.